The zero-order chi connectivity index (χ0) is 13.3. The molecule has 1 aliphatic heterocycles. The van der Waals surface area contributed by atoms with E-state index in [-0.39, 0.29) is 0 Å². The van der Waals surface area contributed by atoms with Crippen molar-refractivity contribution < 1.29 is 19.7 Å². The lowest BCUT2D eigenvalue weighted by molar-refractivity contribution is -0.131. The highest BCUT2D eigenvalue weighted by atomic mass is 16.5. The molecular formula is C14H16O4. The molecule has 1 aromatic rings. The van der Waals surface area contributed by atoms with E-state index in [1.54, 1.807) is 6.07 Å². The van der Waals surface area contributed by atoms with Gasteiger partial charge in [-0.15, -0.1) is 0 Å². The van der Waals surface area contributed by atoms with Gasteiger partial charge in [0.05, 0.1) is 6.10 Å². The van der Waals surface area contributed by atoms with Gasteiger partial charge in [-0.1, -0.05) is 6.07 Å². The average Bonchev–Trinajstić information content (AvgIpc) is 2.27. The van der Waals surface area contributed by atoms with Crippen molar-refractivity contribution in [3.8, 4) is 5.75 Å². The molecule has 0 saturated heterocycles. The smallest absolute Gasteiger partial charge is 0.328 e. The molecule has 0 amide bonds. The lowest BCUT2D eigenvalue weighted by Crippen LogP contribution is -2.46. The summed E-state index contributed by atoms with van der Waals surface area (Å²) in [5, 5.41) is 18.5. The Kier molecular flexibility index (Phi) is 3.13. The third-order valence-electron chi connectivity index (χ3n) is 3.09. The Balaban J connectivity index is 2.29. The number of aliphatic hydroxyl groups excluding tert-OH is 1. The Labute approximate surface area is 106 Å². The summed E-state index contributed by atoms with van der Waals surface area (Å²) in [6, 6.07) is 5.45. The Morgan fingerprint density at radius 3 is 2.89 bits per heavy atom. The number of carbonyl (C=O) groups is 1. The van der Waals surface area contributed by atoms with Gasteiger partial charge in [-0.3, -0.25) is 0 Å². The average molecular weight is 248 g/mol. The summed E-state index contributed by atoms with van der Waals surface area (Å²) in [5.41, 5.74) is 1.09. The Hall–Kier alpha value is -1.81. The first kappa shape index (κ1) is 12.6. The van der Waals surface area contributed by atoms with Gasteiger partial charge in [-0.05, 0) is 43.2 Å². The number of carboxylic acids is 1. The summed E-state index contributed by atoms with van der Waals surface area (Å²) in [7, 11) is 0. The van der Waals surface area contributed by atoms with Crippen molar-refractivity contribution in [3.05, 3.63) is 35.4 Å². The summed E-state index contributed by atoms with van der Waals surface area (Å²) >= 11 is 0. The van der Waals surface area contributed by atoms with E-state index < -0.39 is 17.7 Å². The standard InChI is InChI=1S/C14H16O4/c1-14(2)12(15)8-10-7-9(4-6-13(16)17)3-5-11(10)18-14/h3-7,12,15H,8H2,1-2H3,(H,16,17)/t12-/m1/s1. The predicted molar refractivity (Wildman–Crippen MR) is 67.5 cm³/mol. The van der Waals surface area contributed by atoms with Crippen LogP contribution in [0.25, 0.3) is 6.08 Å². The molecule has 1 aromatic carbocycles. The maximum atomic E-state index is 10.4. The zero-order valence-electron chi connectivity index (χ0n) is 10.4. The number of carboxylic acid groups (broad SMARTS) is 1. The quantitative estimate of drug-likeness (QED) is 0.784. The van der Waals surface area contributed by atoms with Crippen molar-refractivity contribution in [2.45, 2.75) is 32.0 Å². The second kappa shape index (κ2) is 4.46. The minimum absolute atomic E-state index is 0.511. The fourth-order valence-corrected chi connectivity index (χ4v) is 1.94. The Morgan fingerprint density at radius 2 is 2.22 bits per heavy atom. The first-order chi connectivity index (χ1) is 8.38. The molecule has 0 saturated carbocycles. The van der Waals surface area contributed by atoms with Crippen LogP contribution in [-0.4, -0.2) is 27.9 Å². The summed E-state index contributed by atoms with van der Waals surface area (Å²) < 4.78 is 5.72. The molecule has 4 heteroatoms. The zero-order valence-corrected chi connectivity index (χ0v) is 10.4. The topological polar surface area (TPSA) is 66.8 Å². The van der Waals surface area contributed by atoms with Crippen LogP contribution in [0.2, 0.25) is 0 Å². The number of hydrogen-bond acceptors (Lipinski definition) is 3. The van der Waals surface area contributed by atoms with Crippen LogP contribution in [0.4, 0.5) is 0 Å². The SMILES string of the molecule is CC1(C)Oc2ccc(C=CC(=O)O)cc2C[C@H]1O. The maximum absolute atomic E-state index is 10.4. The second-order valence-corrected chi connectivity index (χ2v) is 4.96. The fourth-order valence-electron chi connectivity index (χ4n) is 1.94. The third kappa shape index (κ3) is 2.54. The molecule has 2 rings (SSSR count). The molecule has 0 fully saturated rings. The first-order valence-electron chi connectivity index (χ1n) is 5.79. The van der Waals surface area contributed by atoms with Gasteiger partial charge in [-0.2, -0.15) is 0 Å². The van der Waals surface area contributed by atoms with E-state index in [0.29, 0.717) is 6.42 Å². The van der Waals surface area contributed by atoms with Crippen molar-refractivity contribution in [1.29, 1.82) is 0 Å². The van der Waals surface area contributed by atoms with E-state index in [1.807, 2.05) is 26.0 Å². The lowest BCUT2D eigenvalue weighted by atomic mass is 9.90. The van der Waals surface area contributed by atoms with Crippen molar-refractivity contribution >= 4 is 12.0 Å². The van der Waals surface area contributed by atoms with Crippen LogP contribution < -0.4 is 4.74 Å². The molecule has 2 N–H and O–H groups in total. The normalized spacial score (nSPS) is 21.4. The number of aliphatic carboxylic acids is 1. The van der Waals surface area contributed by atoms with Gasteiger partial charge in [0.25, 0.3) is 0 Å². The minimum atomic E-state index is -0.981. The number of hydrogen-bond donors (Lipinski definition) is 2. The van der Waals surface area contributed by atoms with Gasteiger partial charge in [0.1, 0.15) is 11.4 Å². The summed E-state index contributed by atoms with van der Waals surface area (Å²) in [6.07, 6.45) is 2.56. The molecule has 1 atom stereocenters. The third-order valence-corrected chi connectivity index (χ3v) is 3.09. The largest absolute Gasteiger partial charge is 0.485 e. The van der Waals surface area contributed by atoms with Gasteiger partial charge in [0, 0.05) is 12.5 Å². The fraction of sp³-hybridized carbons (Fsp3) is 0.357. The van der Waals surface area contributed by atoms with E-state index in [4.69, 9.17) is 9.84 Å². The van der Waals surface area contributed by atoms with Crippen molar-refractivity contribution in [2.75, 3.05) is 0 Å². The van der Waals surface area contributed by atoms with E-state index >= 15 is 0 Å². The van der Waals surface area contributed by atoms with Crippen LogP contribution in [0.1, 0.15) is 25.0 Å². The molecule has 0 spiro atoms. The minimum Gasteiger partial charge on any atom is -0.485 e. The molecule has 0 aliphatic carbocycles. The number of rotatable bonds is 2. The molecule has 0 radical (unpaired) electrons. The molecule has 18 heavy (non-hydrogen) atoms. The van der Waals surface area contributed by atoms with E-state index in [1.165, 1.54) is 6.08 Å². The Bertz CT molecular complexity index is 503. The van der Waals surface area contributed by atoms with Crippen LogP contribution in [-0.2, 0) is 11.2 Å². The lowest BCUT2D eigenvalue weighted by Gasteiger charge is -2.37. The highest BCUT2D eigenvalue weighted by Crippen LogP contribution is 2.33. The van der Waals surface area contributed by atoms with Crippen LogP contribution >= 0.6 is 0 Å². The van der Waals surface area contributed by atoms with E-state index in [2.05, 4.69) is 0 Å². The molecule has 0 bridgehead atoms. The second-order valence-electron chi connectivity index (χ2n) is 4.96. The molecule has 0 unspecified atom stereocenters. The van der Waals surface area contributed by atoms with Gasteiger partial charge < -0.3 is 14.9 Å². The first-order valence-corrected chi connectivity index (χ1v) is 5.79. The highest BCUT2D eigenvalue weighted by Gasteiger charge is 2.35. The molecule has 0 aromatic heterocycles. The molecule has 96 valence electrons. The molecule has 1 heterocycles. The summed E-state index contributed by atoms with van der Waals surface area (Å²) in [4.78, 5) is 10.4. The van der Waals surface area contributed by atoms with Crippen LogP contribution in [0, 0.1) is 0 Å². The Morgan fingerprint density at radius 1 is 1.50 bits per heavy atom. The maximum Gasteiger partial charge on any atom is 0.328 e. The van der Waals surface area contributed by atoms with Crippen LogP contribution in [0.15, 0.2) is 24.3 Å². The predicted octanol–water partition coefficient (Wildman–Crippen LogP) is 1.86. The highest BCUT2D eigenvalue weighted by molar-refractivity contribution is 5.85. The number of benzene rings is 1. The van der Waals surface area contributed by atoms with E-state index in [9.17, 15) is 9.90 Å². The van der Waals surface area contributed by atoms with Gasteiger partial charge >= 0.3 is 5.97 Å². The number of ether oxygens (including phenoxy) is 1. The van der Waals surface area contributed by atoms with Gasteiger partial charge in [0.2, 0.25) is 0 Å². The van der Waals surface area contributed by atoms with Crippen molar-refractivity contribution in [3.63, 3.8) is 0 Å². The summed E-state index contributed by atoms with van der Waals surface area (Å²) in [6.45, 7) is 3.69. The molecule has 1 aliphatic rings. The van der Waals surface area contributed by atoms with Gasteiger partial charge in [-0.25, -0.2) is 4.79 Å². The molecule has 4 nitrogen and oxygen atoms in total. The van der Waals surface area contributed by atoms with Crippen molar-refractivity contribution in [1.82, 2.24) is 0 Å². The molecular weight excluding hydrogens is 232 g/mol. The summed E-state index contributed by atoms with van der Waals surface area (Å²) in [5.74, 6) is -0.233. The number of fused-ring (bicyclic) bond motifs is 1. The van der Waals surface area contributed by atoms with Crippen LogP contribution in [0.5, 0.6) is 5.75 Å². The van der Waals surface area contributed by atoms with Crippen molar-refractivity contribution in [2.24, 2.45) is 0 Å². The number of aliphatic hydroxyl groups is 1. The van der Waals surface area contributed by atoms with Gasteiger partial charge in [0.15, 0.2) is 0 Å². The van der Waals surface area contributed by atoms with Crippen LogP contribution in [0.3, 0.4) is 0 Å². The monoisotopic (exact) mass is 248 g/mol. The van der Waals surface area contributed by atoms with E-state index in [0.717, 1.165) is 23.0 Å².